The minimum absolute atomic E-state index is 0.0595. The molecule has 12 heavy (non-hydrogen) atoms. The number of rotatable bonds is 0. The van der Waals surface area contributed by atoms with Gasteiger partial charge < -0.3 is 14.9 Å². The van der Waals surface area contributed by atoms with E-state index in [0.29, 0.717) is 0 Å². The Bertz CT molecular complexity index is 250. The number of hydrogen-bond donors (Lipinski definition) is 1. The highest BCUT2D eigenvalue weighted by molar-refractivity contribution is 6.31. The zero-order chi connectivity index (χ0) is 9.30. The molecule has 0 radical (unpaired) electrons. The third kappa shape index (κ3) is 1.36. The predicted octanol–water partition coefficient (Wildman–Crippen LogP) is -1.67. The number of hydrogen-bond acceptors (Lipinski definition) is 3. The smallest absolute Gasteiger partial charge is 0.394 e. The maximum Gasteiger partial charge on any atom is 0.394 e. The first-order valence-electron chi connectivity index (χ1n) is 3.28. The maximum atomic E-state index is 10.9. The van der Waals surface area contributed by atoms with Crippen LogP contribution in [0.25, 0.3) is 0 Å². The van der Waals surface area contributed by atoms with Crippen LogP contribution in [-0.4, -0.2) is 53.0 Å². The lowest BCUT2D eigenvalue weighted by molar-refractivity contribution is -0.155. The molecule has 0 aromatic heterocycles. The summed E-state index contributed by atoms with van der Waals surface area (Å²) in [6.07, 6.45) is 0. The average Bonchev–Trinajstić information content (AvgIpc) is 2.30. The van der Waals surface area contributed by atoms with Gasteiger partial charge in [0.25, 0.3) is 0 Å². The minimum atomic E-state index is -1.53. The zero-order valence-corrected chi connectivity index (χ0v) is 6.48. The fraction of sp³-hybridized carbons (Fsp3) is 0.500. The molecule has 0 aromatic carbocycles. The molecule has 0 bridgehead atoms. The van der Waals surface area contributed by atoms with E-state index in [0.717, 1.165) is 4.90 Å². The van der Waals surface area contributed by atoms with Gasteiger partial charge in [-0.25, -0.2) is 4.79 Å². The summed E-state index contributed by atoms with van der Waals surface area (Å²) in [5.41, 5.74) is 0. The highest BCUT2D eigenvalue weighted by Crippen LogP contribution is 2.03. The van der Waals surface area contributed by atoms with E-state index < -0.39 is 11.9 Å². The normalized spacial score (nSPS) is 16.9. The standard InChI is InChI=1S/C6H8N2O4/c1-7-3-8(2-4(7)9)5(10)6(11)12/h2-3H2,1H3,(H,11,12). The Balaban J connectivity index is 2.63. The van der Waals surface area contributed by atoms with Crippen LogP contribution in [0.4, 0.5) is 0 Å². The van der Waals surface area contributed by atoms with Gasteiger partial charge in [0.1, 0.15) is 6.54 Å². The van der Waals surface area contributed by atoms with E-state index in [1.54, 1.807) is 0 Å². The van der Waals surface area contributed by atoms with Crippen LogP contribution in [0.15, 0.2) is 0 Å². The molecule has 66 valence electrons. The molecule has 1 rings (SSSR count). The number of carbonyl (C=O) groups excluding carboxylic acids is 2. The summed E-state index contributed by atoms with van der Waals surface area (Å²) in [6.45, 7) is -0.0778. The molecule has 0 aliphatic carbocycles. The van der Waals surface area contributed by atoms with Crippen molar-refractivity contribution in [1.82, 2.24) is 9.80 Å². The second-order valence-corrected chi connectivity index (χ2v) is 2.54. The highest BCUT2D eigenvalue weighted by atomic mass is 16.4. The number of carbonyl (C=O) groups is 3. The molecule has 0 aromatic rings. The van der Waals surface area contributed by atoms with Crippen LogP contribution in [0.5, 0.6) is 0 Å². The largest absolute Gasteiger partial charge is 0.474 e. The van der Waals surface area contributed by atoms with Gasteiger partial charge in [-0.05, 0) is 0 Å². The van der Waals surface area contributed by atoms with Crippen molar-refractivity contribution in [3.8, 4) is 0 Å². The molecule has 0 atom stereocenters. The van der Waals surface area contributed by atoms with Gasteiger partial charge >= 0.3 is 11.9 Å². The fourth-order valence-electron chi connectivity index (χ4n) is 0.940. The van der Waals surface area contributed by atoms with E-state index in [4.69, 9.17) is 5.11 Å². The number of aliphatic carboxylic acids is 1. The van der Waals surface area contributed by atoms with Crippen LogP contribution in [0.3, 0.4) is 0 Å². The Morgan fingerprint density at radius 2 is 2.08 bits per heavy atom. The van der Waals surface area contributed by atoms with Crippen molar-refractivity contribution in [2.45, 2.75) is 0 Å². The van der Waals surface area contributed by atoms with Gasteiger partial charge in [0.2, 0.25) is 5.91 Å². The summed E-state index contributed by atoms with van der Waals surface area (Å²) in [5, 5.41) is 8.29. The van der Waals surface area contributed by atoms with Crippen molar-refractivity contribution in [2.75, 3.05) is 20.3 Å². The van der Waals surface area contributed by atoms with Gasteiger partial charge in [0.15, 0.2) is 0 Å². The molecule has 1 fully saturated rings. The summed E-state index contributed by atoms with van der Waals surface area (Å²) in [5.74, 6) is -2.81. The summed E-state index contributed by atoms with van der Waals surface area (Å²) < 4.78 is 0. The quantitative estimate of drug-likeness (QED) is 0.443. The van der Waals surface area contributed by atoms with Crippen molar-refractivity contribution in [3.05, 3.63) is 0 Å². The van der Waals surface area contributed by atoms with E-state index in [9.17, 15) is 14.4 Å². The van der Waals surface area contributed by atoms with E-state index in [1.807, 2.05) is 0 Å². The highest BCUT2D eigenvalue weighted by Gasteiger charge is 2.31. The van der Waals surface area contributed by atoms with Gasteiger partial charge in [0.05, 0.1) is 6.67 Å². The maximum absolute atomic E-state index is 10.9. The second-order valence-electron chi connectivity index (χ2n) is 2.54. The van der Waals surface area contributed by atoms with Crippen molar-refractivity contribution >= 4 is 17.8 Å². The SMILES string of the molecule is CN1CN(C(=O)C(=O)O)CC1=O. The van der Waals surface area contributed by atoms with Gasteiger partial charge in [-0.15, -0.1) is 0 Å². The Kier molecular flexibility index (Phi) is 1.99. The van der Waals surface area contributed by atoms with E-state index in [-0.39, 0.29) is 19.1 Å². The molecule has 0 saturated carbocycles. The van der Waals surface area contributed by atoms with Crippen LogP contribution >= 0.6 is 0 Å². The average molecular weight is 172 g/mol. The Hall–Kier alpha value is -1.59. The Morgan fingerprint density at radius 1 is 1.50 bits per heavy atom. The summed E-state index contributed by atoms with van der Waals surface area (Å²) in [6, 6.07) is 0. The van der Waals surface area contributed by atoms with Crippen molar-refractivity contribution in [3.63, 3.8) is 0 Å². The number of carboxylic acids is 1. The molecule has 0 spiro atoms. The number of amides is 2. The van der Waals surface area contributed by atoms with E-state index >= 15 is 0 Å². The molecule has 6 heteroatoms. The molecule has 1 saturated heterocycles. The summed E-state index contributed by atoms with van der Waals surface area (Å²) in [7, 11) is 1.51. The fourth-order valence-corrected chi connectivity index (χ4v) is 0.940. The lowest BCUT2D eigenvalue weighted by atomic mass is 10.5. The zero-order valence-electron chi connectivity index (χ0n) is 6.48. The second kappa shape index (κ2) is 2.80. The number of likely N-dealkylation sites (N-methyl/N-ethyl adjacent to an activating group) is 1. The lowest BCUT2D eigenvalue weighted by Gasteiger charge is -2.11. The van der Waals surface area contributed by atoms with E-state index in [2.05, 4.69) is 0 Å². The van der Waals surface area contributed by atoms with Crippen molar-refractivity contribution < 1.29 is 19.5 Å². The Morgan fingerprint density at radius 3 is 2.42 bits per heavy atom. The first-order valence-corrected chi connectivity index (χ1v) is 3.28. The molecule has 1 N–H and O–H groups in total. The molecule has 1 heterocycles. The molecular weight excluding hydrogens is 164 g/mol. The monoisotopic (exact) mass is 172 g/mol. The van der Waals surface area contributed by atoms with Crippen molar-refractivity contribution in [1.29, 1.82) is 0 Å². The van der Waals surface area contributed by atoms with Gasteiger partial charge in [0, 0.05) is 7.05 Å². The predicted molar refractivity (Wildman–Crippen MR) is 37.0 cm³/mol. The third-order valence-corrected chi connectivity index (χ3v) is 1.60. The van der Waals surface area contributed by atoms with E-state index in [1.165, 1.54) is 11.9 Å². The summed E-state index contributed by atoms with van der Waals surface area (Å²) >= 11 is 0. The third-order valence-electron chi connectivity index (χ3n) is 1.60. The van der Waals surface area contributed by atoms with Gasteiger partial charge in [-0.3, -0.25) is 9.59 Å². The first-order chi connectivity index (χ1) is 5.52. The van der Waals surface area contributed by atoms with Gasteiger partial charge in [-0.2, -0.15) is 0 Å². The minimum Gasteiger partial charge on any atom is -0.474 e. The topological polar surface area (TPSA) is 77.9 Å². The number of carboxylic acid groups (broad SMARTS) is 1. The van der Waals surface area contributed by atoms with Crippen LogP contribution < -0.4 is 0 Å². The summed E-state index contributed by atoms with van der Waals surface area (Å²) in [4.78, 5) is 34.1. The molecule has 2 amide bonds. The van der Waals surface area contributed by atoms with Crippen LogP contribution in [0.2, 0.25) is 0 Å². The van der Waals surface area contributed by atoms with Crippen molar-refractivity contribution in [2.24, 2.45) is 0 Å². The molecule has 6 nitrogen and oxygen atoms in total. The number of nitrogens with zero attached hydrogens (tertiary/aromatic N) is 2. The van der Waals surface area contributed by atoms with Gasteiger partial charge in [-0.1, -0.05) is 0 Å². The molecule has 1 aliphatic heterocycles. The van der Waals surface area contributed by atoms with Crippen LogP contribution in [0, 0.1) is 0 Å². The lowest BCUT2D eigenvalue weighted by Crippen LogP contribution is -2.35. The Labute approximate surface area is 68.4 Å². The van der Waals surface area contributed by atoms with Crippen LogP contribution in [0.1, 0.15) is 0 Å². The molecule has 1 aliphatic rings. The van der Waals surface area contributed by atoms with Crippen LogP contribution in [-0.2, 0) is 14.4 Å². The first kappa shape index (κ1) is 8.51. The molecular formula is C6H8N2O4. The molecule has 0 unspecified atom stereocenters.